The summed E-state index contributed by atoms with van der Waals surface area (Å²) in [6, 6.07) is 7.41. The summed E-state index contributed by atoms with van der Waals surface area (Å²) in [6.45, 7) is 6.13. The highest BCUT2D eigenvalue weighted by Crippen LogP contribution is 2.16. The van der Waals surface area contributed by atoms with Crippen LogP contribution in [-0.4, -0.2) is 23.2 Å². The zero-order valence-corrected chi connectivity index (χ0v) is 13.2. The van der Waals surface area contributed by atoms with Crippen LogP contribution in [0.15, 0.2) is 24.3 Å². The number of carbonyl (C=O) groups is 1. The molecule has 0 spiro atoms. The molecule has 0 radical (unpaired) electrons. The van der Waals surface area contributed by atoms with E-state index in [1.165, 1.54) is 0 Å². The summed E-state index contributed by atoms with van der Waals surface area (Å²) in [5.41, 5.74) is -0.206. The van der Waals surface area contributed by atoms with Crippen LogP contribution >= 0.6 is 22.6 Å². The van der Waals surface area contributed by atoms with Crippen LogP contribution in [0.1, 0.15) is 37.6 Å². The number of aliphatic hydroxyl groups is 1. The summed E-state index contributed by atoms with van der Waals surface area (Å²) < 4.78 is 0.913. The first kappa shape index (κ1) is 15.4. The second-order valence-corrected chi connectivity index (χ2v) is 6.42. The van der Waals surface area contributed by atoms with E-state index in [1.54, 1.807) is 13.0 Å². The standard InChI is InChI=1S/C14H20INO2/c1-10(2)8-14(3,18)9-16-13(17)11-6-4-5-7-12(11)15/h4-7,10,18H,8-9H2,1-3H3,(H,16,17). The lowest BCUT2D eigenvalue weighted by atomic mass is 9.94. The molecule has 1 aromatic rings. The van der Waals surface area contributed by atoms with Crippen LogP contribution in [0.25, 0.3) is 0 Å². The summed E-state index contributed by atoms with van der Waals surface area (Å²) in [7, 11) is 0. The van der Waals surface area contributed by atoms with Gasteiger partial charge in [-0.15, -0.1) is 0 Å². The van der Waals surface area contributed by atoms with Crippen molar-refractivity contribution in [3.8, 4) is 0 Å². The molecule has 2 N–H and O–H groups in total. The summed E-state index contributed by atoms with van der Waals surface area (Å²) in [4.78, 5) is 12.0. The molecule has 0 saturated heterocycles. The van der Waals surface area contributed by atoms with Crippen molar-refractivity contribution >= 4 is 28.5 Å². The minimum atomic E-state index is -0.857. The van der Waals surface area contributed by atoms with E-state index in [1.807, 2.05) is 18.2 Å². The number of amides is 1. The van der Waals surface area contributed by atoms with Crippen molar-refractivity contribution in [3.05, 3.63) is 33.4 Å². The molecule has 0 aromatic heterocycles. The van der Waals surface area contributed by atoms with Crippen LogP contribution < -0.4 is 5.32 Å². The largest absolute Gasteiger partial charge is 0.388 e. The maximum atomic E-state index is 12.0. The lowest BCUT2D eigenvalue weighted by Crippen LogP contribution is -2.41. The SMILES string of the molecule is CC(C)CC(C)(O)CNC(=O)c1ccccc1I. The van der Waals surface area contributed by atoms with Gasteiger partial charge in [0.2, 0.25) is 0 Å². The predicted molar refractivity (Wildman–Crippen MR) is 81.6 cm³/mol. The molecule has 100 valence electrons. The number of carbonyl (C=O) groups excluding carboxylic acids is 1. The Bertz CT molecular complexity index is 416. The zero-order chi connectivity index (χ0) is 13.8. The van der Waals surface area contributed by atoms with Gasteiger partial charge < -0.3 is 10.4 Å². The number of rotatable bonds is 5. The number of hydrogen-bond donors (Lipinski definition) is 2. The number of nitrogens with one attached hydrogen (secondary N) is 1. The van der Waals surface area contributed by atoms with Crippen molar-refractivity contribution in [2.24, 2.45) is 5.92 Å². The van der Waals surface area contributed by atoms with Crippen molar-refractivity contribution in [1.29, 1.82) is 0 Å². The fourth-order valence-electron chi connectivity index (χ4n) is 1.96. The van der Waals surface area contributed by atoms with Crippen LogP contribution in [0.3, 0.4) is 0 Å². The van der Waals surface area contributed by atoms with Gasteiger partial charge in [-0.3, -0.25) is 4.79 Å². The monoisotopic (exact) mass is 361 g/mol. The first-order chi connectivity index (χ1) is 8.32. The van der Waals surface area contributed by atoms with Crippen LogP contribution in [0, 0.1) is 9.49 Å². The first-order valence-corrected chi connectivity index (χ1v) is 7.15. The summed E-state index contributed by atoms with van der Waals surface area (Å²) in [6.07, 6.45) is 0.666. The fourth-order valence-corrected chi connectivity index (χ4v) is 2.60. The Balaban J connectivity index is 2.59. The van der Waals surface area contributed by atoms with Crippen LogP contribution in [0.4, 0.5) is 0 Å². The molecule has 1 rings (SSSR count). The van der Waals surface area contributed by atoms with Crippen molar-refractivity contribution in [3.63, 3.8) is 0 Å². The van der Waals surface area contributed by atoms with E-state index in [0.29, 0.717) is 17.9 Å². The molecule has 0 saturated carbocycles. The van der Waals surface area contributed by atoms with E-state index >= 15 is 0 Å². The Labute approximate surface area is 122 Å². The highest BCUT2D eigenvalue weighted by Gasteiger charge is 2.23. The summed E-state index contributed by atoms with van der Waals surface area (Å²) >= 11 is 2.13. The highest BCUT2D eigenvalue weighted by atomic mass is 127. The molecule has 4 heteroatoms. The van der Waals surface area contributed by atoms with Gasteiger partial charge in [0.25, 0.3) is 5.91 Å². The van der Waals surface area contributed by atoms with Gasteiger partial charge in [0.15, 0.2) is 0 Å². The molecule has 0 fully saturated rings. The third-order valence-corrected chi connectivity index (χ3v) is 3.54. The molecule has 0 aliphatic carbocycles. The van der Waals surface area contributed by atoms with Gasteiger partial charge in [-0.1, -0.05) is 26.0 Å². The minimum Gasteiger partial charge on any atom is -0.388 e. The molecule has 1 unspecified atom stereocenters. The molecular weight excluding hydrogens is 341 g/mol. The van der Waals surface area contributed by atoms with E-state index in [-0.39, 0.29) is 12.5 Å². The van der Waals surface area contributed by atoms with E-state index in [0.717, 1.165) is 3.57 Å². The smallest absolute Gasteiger partial charge is 0.252 e. The minimum absolute atomic E-state index is 0.135. The molecule has 0 heterocycles. The van der Waals surface area contributed by atoms with E-state index < -0.39 is 5.60 Å². The maximum Gasteiger partial charge on any atom is 0.252 e. The zero-order valence-electron chi connectivity index (χ0n) is 11.0. The molecule has 18 heavy (non-hydrogen) atoms. The summed E-state index contributed by atoms with van der Waals surface area (Å²) in [5.74, 6) is 0.262. The lowest BCUT2D eigenvalue weighted by Gasteiger charge is -2.25. The van der Waals surface area contributed by atoms with E-state index in [4.69, 9.17) is 0 Å². The highest BCUT2D eigenvalue weighted by molar-refractivity contribution is 14.1. The molecule has 3 nitrogen and oxygen atoms in total. The van der Waals surface area contributed by atoms with Crippen LogP contribution in [0.5, 0.6) is 0 Å². The third kappa shape index (κ3) is 4.94. The second-order valence-electron chi connectivity index (χ2n) is 5.26. The molecule has 1 aromatic carbocycles. The predicted octanol–water partition coefficient (Wildman–Crippen LogP) is 2.82. The van der Waals surface area contributed by atoms with Crippen molar-refractivity contribution in [1.82, 2.24) is 5.32 Å². The quantitative estimate of drug-likeness (QED) is 0.793. The van der Waals surface area contributed by atoms with Gasteiger partial charge in [-0.25, -0.2) is 0 Å². The molecule has 0 bridgehead atoms. The fraction of sp³-hybridized carbons (Fsp3) is 0.500. The Kier molecular flexibility index (Phi) is 5.59. The average Bonchev–Trinajstić information content (AvgIpc) is 2.25. The average molecular weight is 361 g/mol. The van der Waals surface area contributed by atoms with Gasteiger partial charge in [0.05, 0.1) is 11.2 Å². The first-order valence-electron chi connectivity index (χ1n) is 6.07. The van der Waals surface area contributed by atoms with Crippen molar-refractivity contribution in [2.45, 2.75) is 32.8 Å². The Morgan fingerprint density at radius 2 is 2.06 bits per heavy atom. The van der Waals surface area contributed by atoms with Crippen molar-refractivity contribution in [2.75, 3.05) is 6.54 Å². The van der Waals surface area contributed by atoms with Gasteiger partial charge in [0.1, 0.15) is 0 Å². The van der Waals surface area contributed by atoms with E-state index in [9.17, 15) is 9.90 Å². The Morgan fingerprint density at radius 3 is 2.61 bits per heavy atom. The number of benzene rings is 1. The number of halogens is 1. The number of hydrogen-bond acceptors (Lipinski definition) is 2. The van der Waals surface area contributed by atoms with Crippen LogP contribution in [-0.2, 0) is 0 Å². The maximum absolute atomic E-state index is 12.0. The van der Waals surface area contributed by atoms with E-state index in [2.05, 4.69) is 41.8 Å². The normalized spacial score (nSPS) is 14.3. The second kappa shape index (κ2) is 6.52. The van der Waals surface area contributed by atoms with Gasteiger partial charge in [-0.2, -0.15) is 0 Å². The molecule has 1 atom stereocenters. The molecular formula is C14H20INO2. The Morgan fingerprint density at radius 1 is 1.44 bits per heavy atom. The lowest BCUT2D eigenvalue weighted by molar-refractivity contribution is 0.0368. The summed E-state index contributed by atoms with van der Waals surface area (Å²) in [5, 5.41) is 12.9. The molecule has 0 aliphatic heterocycles. The van der Waals surface area contributed by atoms with Crippen molar-refractivity contribution < 1.29 is 9.90 Å². The van der Waals surface area contributed by atoms with Gasteiger partial charge in [-0.05, 0) is 54.0 Å². The third-order valence-electron chi connectivity index (χ3n) is 2.60. The molecule has 0 aliphatic rings. The topological polar surface area (TPSA) is 49.3 Å². The van der Waals surface area contributed by atoms with Gasteiger partial charge >= 0.3 is 0 Å². The molecule has 1 amide bonds. The van der Waals surface area contributed by atoms with Gasteiger partial charge in [0, 0.05) is 10.1 Å². The van der Waals surface area contributed by atoms with Crippen LogP contribution in [0.2, 0.25) is 0 Å². The Hall–Kier alpha value is -0.620.